The van der Waals surface area contributed by atoms with Gasteiger partial charge in [0.25, 0.3) is 0 Å². The maximum absolute atomic E-state index is 11.8. The Hall–Kier alpha value is -1.08. The number of aromatic nitrogens is 3. The van der Waals surface area contributed by atoms with E-state index in [0.717, 1.165) is 5.82 Å². The van der Waals surface area contributed by atoms with Gasteiger partial charge in [-0.1, -0.05) is 11.8 Å². The number of nitrogens with one attached hydrogen (secondary N) is 1. The van der Waals surface area contributed by atoms with E-state index in [0.29, 0.717) is 37.2 Å². The number of amides is 1. The van der Waals surface area contributed by atoms with Crippen LogP contribution in [0.5, 0.6) is 0 Å². The van der Waals surface area contributed by atoms with Gasteiger partial charge in [-0.15, -0.1) is 5.10 Å². The summed E-state index contributed by atoms with van der Waals surface area (Å²) in [5.74, 6) is 1.27. The van der Waals surface area contributed by atoms with Crippen LogP contribution in [-0.4, -0.2) is 58.0 Å². The summed E-state index contributed by atoms with van der Waals surface area (Å²) in [6.07, 6.45) is 0. The molecule has 1 aromatic rings. The summed E-state index contributed by atoms with van der Waals surface area (Å²) in [5.41, 5.74) is 0. The first kappa shape index (κ1) is 11.4. The molecular weight excluding hydrogens is 228 g/mol. The smallest absolute Gasteiger partial charge is 0.233 e. The minimum Gasteiger partial charge on any atom is -0.378 e. The SMILES string of the molecule is Cc1nc(SCC(=O)N2CCOCC2)n[nH]1. The highest BCUT2D eigenvalue weighted by atomic mass is 32.2. The summed E-state index contributed by atoms with van der Waals surface area (Å²) in [6, 6.07) is 0. The Bertz CT molecular complexity index is 362. The number of carbonyl (C=O) groups excluding carboxylic acids is 1. The van der Waals surface area contributed by atoms with Gasteiger partial charge in [-0.25, -0.2) is 4.98 Å². The Morgan fingerprint density at radius 1 is 1.56 bits per heavy atom. The second-order valence-corrected chi connectivity index (χ2v) is 4.43. The summed E-state index contributed by atoms with van der Waals surface area (Å²) in [7, 11) is 0. The Morgan fingerprint density at radius 3 is 2.94 bits per heavy atom. The highest BCUT2D eigenvalue weighted by molar-refractivity contribution is 7.99. The van der Waals surface area contributed by atoms with Crippen molar-refractivity contribution in [1.82, 2.24) is 20.1 Å². The van der Waals surface area contributed by atoms with Gasteiger partial charge >= 0.3 is 0 Å². The van der Waals surface area contributed by atoms with Crippen molar-refractivity contribution >= 4 is 17.7 Å². The van der Waals surface area contributed by atoms with Crippen LogP contribution in [-0.2, 0) is 9.53 Å². The Labute approximate surface area is 97.8 Å². The van der Waals surface area contributed by atoms with Gasteiger partial charge in [0.2, 0.25) is 11.1 Å². The number of ether oxygens (including phenoxy) is 1. The first-order chi connectivity index (χ1) is 7.75. The van der Waals surface area contributed by atoms with Gasteiger partial charge in [-0.3, -0.25) is 9.89 Å². The molecular formula is C9H14N4O2S. The molecule has 0 aromatic carbocycles. The summed E-state index contributed by atoms with van der Waals surface area (Å²) in [4.78, 5) is 17.7. The van der Waals surface area contributed by atoms with Crippen LogP contribution in [0.15, 0.2) is 5.16 Å². The van der Waals surface area contributed by atoms with Crippen LogP contribution in [0, 0.1) is 6.92 Å². The van der Waals surface area contributed by atoms with E-state index in [2.05, 4.69) is 15.2 Å². The lowest BCUT2D eigenvalue weighted by Gasteiger charge is -2.26. The second-order valence-electron chi connectivity index (χ2n) is 3.49. The highest BCUT2D eigenvalue weighted by Crippen LogP contribution is 2.13. The summed E-state index contributed by atoms with van der Waals surface area (Å²) < 4.78 is 5.19. The number of hydrogen-bond donors (Lipinski definition) is 1. The lowest BCUT2D eigenvalue weighted by atomic mass is 10.4. The van der Waals surface area contributed by atoms with Crippen LogP contribution in [0.25, 0.3) is 0 Å². The molecule has 1 N–H and O–H groups in total. The highest BCUT2D eigenvalue weighted by Gasteiger charge is 2.17. The van der Waals surface area contributed by atoms with Crippen LogP contribution >= 0.6 is 11.8 Å². The van der Waals surface area contributed by atoms with Crippen molar-refractivity contribution in [3.8, 4) is 0 Å². The molecule has 0 unspecified atom stereocenters. The van der Waals surface area contributed by atoms with Crippen LogP contribution in [0.3, 0.4) is 0 Å². The molecule has 1 amide bonds. The lowest BCUT2D eigenvalue weighted by molar-refractivity contribution is -0.132. The van der Waals surface area contributed by atoms with Crippen molar-refractivity contribution in [3.63, 3.8) is 0 Å². The molecule has 2 rings (SSSR count). The fourth-order valence-corrected chi connectivity index (χ4v) is 2.16. The largest absolute Gasteiger partial charge is 0.378 e. The first-order valence-corrected chi connectivity index (χ1v) is 6.11. The maximum Gasteiger partial charge on any atom is 0.233 e. The Morgan fingerprint density at radius 2 is 2.31 bits per heavy atom. The van der Waals surface area contributed by atoms with Gasteiger partial charge < -0.3 is 9.64 Å². The average molecular weight is 242 g/mol. The van der Waals surface area contributed by atoms with E-state index >= 15 is 0 Å². The van der Waals surface area contributed by atoms with E-state index in [1.807, 2.05) is 11.8 Å². The van der Waals surface area contributed by atoms with Crippen LogP contribution in [0.2, 0.25) is 0 Å². The summed E-state index contributed by atoms with van der Waals surface area (Å²) >= 11 is 1.36. The molecule has 0 saturated carbocycles. The summed E-state index contributed by atoms with van der Waals surface area (Å²) in [5, 5.41) is 7.33. The number of thioether (sulfide) groups is 1. The Balaban J connectivity index is 1.78. The van der Waals surface area contributed by atoms with E-state index in [-0.39, 0.29) is 5.91 Å². The minimum absolute atomic E-state index is 0.121. The normalized spacial score (nSPS) is 16.4. The fraction of sp³-hybridized carbons (Fsp3) is 0.667. The second kappa shape index (κ2) is 5.31. The number of carbonyl (C=O) groups is 1. The number of H-pyrrole nitrogens is 1. The van der Waals surface area contributed by atoms with Gasteiger partial charge in [0.1, 0.15) is 5.82 Å². The van der Waals surface area contributed by atoms with Gasteiger partial charge in [-0.2, -0.15) is 0 Å². The Kier molecular flexibility index (Phi) is 3.79. The van der Waals surface area contributed by atoms with Crippen molar-refractivity contribution in [1.29, 1.82) is 0 Å². The zero-order chi connectivity index (χ0) is 11.4. The van der Waals surface area contributed by atoms with E-state index in [4.69, 9.17) is 4.74 Å². The number of aromatic amines is 1. The predicted molar refractivity (Wildman–Crippen MR) is 59.2 cm³/mol. The molecule has 0 radical (unpaired) electrons. The molecule has 1 aliphatic heterocycles. The molecule has 1 saturated heterocycles. The number of aryl methyl sites for hydroxylation is 1. The van der Waals surface area contributed by atoms with E-state index < -0.39 is 0 Å². The number of rotatable bonds is 3. The average Bonchev–Trinajstić information content (AvgIpc) is 2.73. The molecule has 0 atom stereocenters. The van der Waals surface area contributed by atoms with Crippen molar-refractivity contribution in [2.45, 2.75) is 12.1 Å². The molecule has 0 bridgehead atoms. The van der Waals surface area contributed by atoms with E-state index in [9.17, 15) is 4.79 Å². The van der Waals surface area contributed by atoms with Gasteiger partial charge in [0, 0.05) is 13.1 Å². The van der Waals surface area contributed by atoms with E-state index in [1.54, 1.807) is 0 Å². The third kappa shape index (κ3) is 2.96. The van der Waals surface area contributed by atoms with Crippen molar-refractivity contribution in [3.05, 3.63) is 5.82 Å². The fourth-order valence-electron chi connectivity index (χ4n) is 1.42. The van der Waals surface area contributed by atoms with Gasteiger partial charge in [-0.05, 0) is 6.92 Å². The third-order valence-electron chi connectivity index (χ3n) is 2.27. The molecule has 0 aliphatic carbocycles. The van der Waals surface area contributed by atoms with Gasteiger partial charge in [0.15, 0.2) is 0 Å². The first-order valence-electron chi connectivity index (χ1n) is 5.13. The maximum atomic E-state index is 11.8. The number of hydrogen-bond acceptors (Lipinski definition) is 5. The van der Waals surface area contributed by atoms with Crippen molar-refractivity contribution in [2.24, 2.45) is 0 Å². The minimum atomic E-state index is 0.121. The predicted octanol–water partition coefficient (Wildman–Crippen LogP) is 0.0640. The van der Waals surface area contributed by atoms with Crippen LogP contribution in [0.4, 0.5) is 0 Å². The monoisotopic (exact) mass is 242 g/mol. The third-order valence-corrected chi connectivity index (χ3v) is 3.10. The molecule has 1 aliphatic rings. The molecule has 16 heavy (non-hydrogen) atoms. The van der Waals surface area contributed by atoms with Crippen molar-refractivity contribution < 1.29 is 9.53 Å². The zero-order valence-corrected chi connectivity index (χ0v) is 9.92. The van der Waals surface area contributed by atoms with Gasteiger partial charge in [0.05, 0.1) is 19.0 Å². The zero-order valence-electron chi connectivity index (χ0n) is 9.10. The number of morpholine rings is 1. The molecule has 88 valence electrons. The summed E-state index contributed by atoms with van der Waals surface area (Å²) in [6.45, 7) is 4.48. The molecule has 6 nitrogen and oxygen atoms in total. The standard InChI is InChI=1S/C9H14N4O2S/c1-7-10-9(12-11-7)16-6-8(14)13-2-4-15-5-3-13/h2-6H2,1H3,(H,10,11,12). The quantitative estimate of drug-likeness (QED) is 0.759. The van der Waals surface area contributed by atoms with E-state index in [1.165, 1.54) is 11.8 Å². The lowest BCUT2D eigenvalue weighted by Crippen LogP contribution is -2.41. The molecule has 7 heteroatoms. The van der Waals surface area contributed by atoms with Crippen molar-refractivity contribution in [2.75, 3.05) is 32.1 Å². The van der Waals surface area contributed by atoms with Crippen LogP contribution in [0.1, 0.15) is 5.82 Å². The molecule has 1 fully saturated rings. The molecule has 0 spiro atoms. The molecule has 1 aromatic heterocycles. The number of nitrogens with zero attached hydrogens (tertiary/aromatic N) is 3. The molecule has 2 heterocycles. The van der Waals surface area contributed by atoms with Crippen LogP contribution < -0.4 is 0 Å². The topological polar surface area (TPSA) is 71.1 Å².